The van der Waals surface area contributed by atoms with Crippen molar-refractivity contribution in [1.29, 1.82) is 0 Å². The molecular weight excluding hydrogens is 344 g/mol. The number of hydrogen-bond donors (Lipinski definition) is 2. The van der Waals surface area contributed by atoms with Gasteiger partial charge < -0.3 is 5.32 Å². The Balaban J connectivity index is 2.74. The molecule has 3 N–H and O–H groups in total. The van der Waals surface area contributed by atoms with E-state index in [1.807, 2.05) is 0 Å². The van der Waals surface area contributed by atoms with Gasteiger partial charge in [-0.05, 0) is 31.0 Å². The quantitative estimate of drug-likeness (QED) is 0.598. The van der Waals surface area contributed by atoms with Crippen LogP contribution in [0.4, 0.5) is 0 Å². The van der Waals surface area contributed by atoms with E-state index in [1.54, 1.807) is 0 Å². The van der Waals surface area contributed by atoms with Gasteiger partial charge in [0.05, 0.1) is 4.90 Å². The summed E-state index contributed by atoms with van der Waals surface area (Å²) in [5, 5.41) is 7.75. The molecule has 20 heavy (non-hydrogen) atoms. The van der Waals surface area contributed by atoms with Crippen molar-refractivity contribution in [1.82, 2.24) is 5.32 Å². The van der Waals surface area contributed by atoms with Crippen LogP contribution in [-0.2, 0) is 10.0 Å². The number of nitrogens with two attached hydrogens (primary N) is 1. The third-order valence-corrected chi connectivity index (χ3v) is 3.85. The summed E-state index contributed by atoms with van der Waals surface area (Å²) >= 11 is 3.15. The zero-order valence-electron chi connectivity index (χ0n) is 10.7. The first-order valence-corrected chi connectivity index (χ1v) is 8.23. The first-order chi connectivity index (χ1) is 9.34. The van der Waals surface area contributed by atoms with E-state index in [1.165, 1.54) is 18.2 Å². The summed E-state index contributed by atoms with van der Waals surface area (Å²) in [6, 6.07) is 4.13. The zero-order valence-corrected chi connectivity index (χ0v) is 13.1. The highest BCUT2D eigenvalue weighted by Crippen LogP contribution is 2.18. The minimum Gasteiger partial charge on any atom is -0.352 e. The minimum absolute atomic E-state index is 0.107. The molecule has 1 rings (SSSR count). The van der Waals surface area contributed by atoms with Gasteiger partial charge in [0.15, 0.2) is 0 Å². The van der Waals surface area contributed by atoms with Crippen LogP contribution in [0.2, 0.25) is 0 Å². The summed E-state index contributed by atoms with van der Waals surface area (Å²) in [6.45, 7) is 0.484. The second-order valence-electron chi connectivity index (χ2n) is 4.14. The van der Waals surface area contributed by atoms with Crippen LogP contribution in [0.3, 0.4) is 0 Å². The highest BCUT2D eigenvalue weighted by atomic mass is 79.9. The van der Waals surface area contributed by atoms with Crippen LogP contribution in [-0.4, -0.2) is 20.9 Å². The summed E-state index contributed by atoms with van der Waals surface area (Å²) in [5.74, 6) is 2.17. The second kappa shape index (κ2) is 7.43. The SMILES string of the molecule is C#CCCCCNC(=O)c1cc(Br)cc(S(N)(=O)=O)c1. The maximum atomic E-state index is 11.9. The lowest BCUT2D eigenvalue weighted by Gasteiger charge is -2.07. The molecule has 0 fully saturated rings. The molecule has 1 aromatic carbocycles. The molecule has 0 aliphatic rings. The topological polar surface area (TPSA) is 89.3 Å². The molecule has 0 atom stereocenters. The molecule has 0 unspecified atom stereocenters. The van der Waals surface area contributed by atoms with Gasteiger partial charge in [-0.25, -0.2) is 13.6 Å². The molecule has 0 heterocycles. The van der Waals surface area contributed by atoms with E-state index in [0.717, 1.165) is 12.8 Å². The van der Waals surface area contributed by atoms with Gasteiger partial charge in [-0.2, -0.15) is 0 Å². The van der Waals surface area contributed by atoms with Crippen LogP contribution >= 0.6 is 15.9 Å². The van der Waals surface area contributed by atoms with Crippen molar-refractivity contribution in [2.75, 3.05) is 6.54 Å². The molecule has 0 saturated heterocycles. The van der Waals surface area contributed by atoms with Gasteiger partial charge in [0.25, 0.3) is 5.91 Å². The molecule has 108 valence electrons. The number of carbonyl (C=O) groups excluding carboxylic acids is 1. The molecule has 0 radical (unpaired) electrons. The number of unbranched alkanes of at least 4 members (excludes halogenated alkanes) is 2. The minimum atomic E-state index is -3.85. The standard InChI is InChI=1S/C13H15BrN2O3S/c1-2-3-4-5-6-16-13(17)10-7-11(14)9-12(8-10)20(15,18)19/h1,7-9H,3-6H2,(H,16,17)(H2,15,18,19). The number of rotatable bonds is 6. The molecule has 0 saturated carbocycles. The van der Waals surface area contributed by atoms with Gasteiger partial charge in [-0.3, -0.25) is 4.79 Å². The van der Waals surface area contributed by atoms with Crippen molar-refractivity contribution in [3.8, 4) is 12.3 Å². The van der Waals surface area contributed by atoms with Gasteiger partial charge in [0, 0.05) is 23.0 Å². The number of amides is 1. The molecule has 0 spiro atoms. The van der Waals surface area contributed by atoms with E-state index in [2.05, 4.69) is 27.2 Å². The fraction of sp³-hybridized carbons (Fsp3) is 0.308. The molecule has 5 nitrogen and oxygen atoms in total. The molecule has 0 bridgehead atoms. The second-order valence-corrected chi connectivity index (χ2v) is 6.61. The number of sulfonamides is 1. The third-order valence-electron chi connectivity index (χ3n) is 2.50. The van der Waals surface area contributed by atoms with Crippen LogP contribution in [0, 0.1) is 12.3 Å². The van der Waals surface area contributed by atoms with Gasteiger partial charge >= 0.3 is 0 Å². The summed E-state index contributed by atoms with van der Waals surface area (Å²) in [5.41, 5.74) is 0.236. The average Bonchev–Trinajstić information content (AvgIpc) is 2.36. The van der Waals surface area contributed by atoms with E-state index in [-0.39, 0.29) is 16.4 Å². The number of nitrogens with one attached hydrogen (secondary N) is 1. The Morgan fingerprint density at radius 3 is 2.65 bits per heavy atom. The van der Waals surface area contributed by atoms with E-state index in [0.29, 0.717) is 17.4 Å². The fourth-order valence-electron chi connectivity index (χ4n) is 1.51. The van der Waals surface area contributed by atoms with Crippen LogP contribution in [0.1, 0.15) is 29.6 Å². The Kier molecular flexibility index (Phi) is 6.20. The van der Waals surface area contributed by atoms with E-state index in [4.69, 9.17) is 11.6 Å². The molecular formula is C13H15BrN2O3S. The third kappa shape index (κ3) is 5.33. The summed E-state index contributed by atoms with van der Waals surface area (Å²) < 4.78 is 23.1. The predicted octanol–water partition coefficient (Wildman–Crippen LogP) is 1.63. The van der Waals surface area contributed by atoms with E-state index < -0.39 is 10.0 Å². The van der Waals surface area contributed by atoms with Crippen LogP contribution in [0.5, 0.6) is 0 Å². The van der Waals surface area contributed by atoms with Crippen molar-refractivity contribution in [3.63, 3.8) is 0 Å². The van der Waals surface area contributed by atoms with Gasteiger partial charge in [-0.15, -0.1) is 12.3 Å². The smallest absolute Gasteiger partial charge is 0.251 e. The Labute approximate surface area is 127 Å². The lowest BCUT2D eigenvalue weighted by Crippen LogP contribution is -2.25. The van der Waals surface area contributed by atoms with E-state index in [9.17, 15) is 13.2 Å². The van der Waals surface area contributed by atoms with Gasteiger partial charge in [0.2, 0.25) is 10.0 Å². The van der Waals surface area contributed by atoms with Crippen molar-refractivity contribution in [3.05, 3.63) is 28.2 Å². The lowest BCUT2D eigenvalue weighted by atomic mass is 10.2. The Morgan fingerprint density at radius 1 is 1.35 bits per heavy atom. The first kappa shape index (κ1) is 16.7. The fourth-order valence-corrected chi connectivity index (χ4v) is 2.74. The molecule has 7 heteroatoms. The molecule has 1 amide bonds. The van der Waals surface area contributed by atoms with Gasteiger partial charge in [0.1, 0.15) is 0 Å². The lowest BCUT2D eigenvalue weighted by molar-refractivity contribution is 0.0953. The number of halogens is 1. The summed E-state index contributed by atoms with van der Waals surface area (Å²) in [7, 11) is -3.85. The number of primary sulfonamides is 1. The van der Waals surface area contributed by atoms with Crippen LogP contribution in [0.25, 0.3) is 0 Å². The maximum Gasteiger partial charge on any atom is 0.251 e. The Morgan fingerprint density at radius 2 is 2.05 bits per heavy atom. The normalized spacial score (nSPS) is 10.8. The van der Waals surface area contributed by atoms with Crippen molar-refractivity contribution >= 4 is 31.9 Å². The molecule has 0 aliphatic heterocycles. The predicted molar refractivity (Wildman–Crippen MR) is 80.5 cm³/mol. The Bertz CT molecular complexity index is 636. The first-order valence-electron chi connectivity index (χ1n) is 5.89. The van der Waals surface area contributed by atoms with Crippen molar-refractivity contribution in [2.45, 2.75) is 24.2 Å². The number of hydrogen-bond acceptors (Lipinski definition) is 3. The maximum absolute atomic E-state index is 11.9. The molecule has 0 aromatic heterocycles. The number of terminal acetylenes is 1. The summed E-state index contributed by atoms with van der Waals surface area (Å²) in [4.78, 5) is 11.8. The number of benzene rings is 1. The van der Waals surface area contributed by atoms with E-state index >= 15 is 0 Å². The number of carbonyl (C=O) groups is 1. The van der Waals surface area contributed by atoms with Crippen LogP contribution in [0.15, 0.2) is 27.6 Å². The van der Waals surface area contributed by atoms with Crippen molar-refractivity contribution in [2.24, 2.45) is 5.14 Å². The zero-order chi connectivity index (χ0) is 15.2. The Hall–Kier alpha value is -1.36. The van der Waals surface area contributed by atoms with Crippen molar-refractivity contribution < 1.29 is 13.2 Å². The average molecular weight is 359 g/mol. The van der Waals surface area contributed by atoms with Crippen LogP contribution < -0.4 is 10.5 Å². The molecule has 1 aromatic rings. The highest BCUT2D eigenvalue weighted by Gasteiger charge is 2.13. The van der Waals surface area contributed by atoms with Gasteiger partial charge in [-0.1, -0.05) is 15.9 Å². The largest absolute Gasteiger partial charge is 0.352 e. The molecule has 0 aliphatic carbocycles. The summed E-state index contributed by atoms with van der Waals surface area (Å²) in [6.07, 6.45) is 7.39. The highest BCUT2D eigenvalue weighted by molar-refractivity contribution is 9.10. The monoisotopic (exact) mass is 358 g/mol.